The van der Waals surface area contributed by atoms with E-state index in [2.05, 4.69) is 10.3 Å². The second-order valence-corrected chi connectivity index (χ2v) is 6.30. The van der Waals surface area contributed by atoms with Gasteiger partial charge in [-0.15, -0.1) is 0 Å². The van der Waals surface area contributed by atoms with Crippen LogP contribution in [0.4, 0.5) is 0 Å². The van der Waals surface area contributed by atoms with Crippen LogP contribution < -0.4 is 16.8 Å². The van der Waals surface area contributed by atoms with Crippen molar-refractivity contribution in [1.29, 1.82) is 0 Å². The summed E-state index contributed by atoms with van der Waals surface area (Å²) in [6.45, 7) is 2.55. The zero-order chi connectivity index (χ0) is 19.0. The molecular weight excluding hydrogens is 342 g/mol. The number of nitrogens with zero attached hydrogens (tertiary/aromatic N) is 2. The molecule has 0 fully saturated rings. The molecule has 0 aromatic heterocycles. The predicted molar refractivity (Wildman–Crippen MR) is 101 cm³/mol. The van der Waals surface area contributed by atoms with E-state index in [0.29, 0.717) is 35.9 Å². The van der Waals surface area contributed by atoms with Crippen molar-refractivity contribution in [3.8, 4) is 0 Å². The van der Waals surface area contributed by atoms with Crippen LogP contribution in [-0.2, 0) is 4.79 Å². The minimum atomic E-state index is -0.727. The zero-order valence-corrected chi connectivity index (χ0v) is 15.6. The lowest BCUT2D eigenvalue weighted by Crippen LogP contribution is -2.44. The number of unbranched alkanes of at least 4 members (excludes halogenated alkanes) is 1. The van der Waals surface area contributed by atoms with Crippen molar-refractivity contribution in [3.63, 3.8) is 0 Å². The molecule has 0 saturated heterocycles. The second-order valence-electron chi connectivity index (χ2n) is 5.89. The predicted octanol–water partition coefficient (Wildman–Crippen LogP) is 1.28. The lowest BCUT2D eigenvalue weighted by atomic mass is 10.1. The van der Waals surface area contributed by atoms with Crippen LogP contribution >= 0.6 is 11.6 Å². The molecule has 7 nitrogen and oxygen atoms in total. The first-order chi connectivity index (χ1) is 11.8. The first-order valence-electron chi connectivity index (χ1n) is 8.06. The van der Waals surface area contributed by atoms with Crippen molar-refractivity contribution < 1.29 is 9.59 Å². The summed E-state index contributed by atoms with van der Waals surface area (Å²) >= 11 is 6.03. The Morgan fingerprint density at radius 2 is 2.00 bits per heavy atom. The van der Waals surface area contributed by atoms with Crippen molar-refractivity contribution in [2.45, 2.75) is 32.2 Å². The molecule has 0 heterocycles. The van der Waals surface area contributed by atoms with Gasteiger partial charge in [0.25, 0.3) is 5.91 Å². The number of amides is 2. The topological polar surface area (TPSA) is 114 Å². The zero-order valence-electron chi connectivity index (χ0n) is 14.9. The SMILES string of the molecule is C/N=C(/N)N(C)CCCC[C@@H](NC(=O)c1ccc(C)c(Cl)c1)C(N)=O. The molecule has 0 aliphatic rings. The molecule has 0 bridgehead atoms. The monoisotopic (exact) mass is 367 g/mol. The second kappa shape index (κ2) is 9.88. The number of carbonyl (C=O) groups excluding carboxylic acids is 2. The van der Waals surface area contributed by atoms with Gasteiger partial charge < -0.3 is 21.7 Å². The van der Waals surface area contributed by atoms with Gasteiger partial charge in [0, 0.05) is 31.2 Å². The lowest BCUT2D eigenvalue weighted by molar-refractivity contribution is -0.120. The van der Waals surface area contributed by atoms with Gasteiger partial charge in [-0.25, -0.2) is 0 Å². The van der Waals surface area contributed by atoms with E-state index < -0.39 is 11.9 Å². The summed E-state index contributed by atoms with van der Waals surface area (Å²) in [5, 5.41) is 3.17. The Labute approximate surface area is 153 Å². The first kappa shape index (κ1) is 20.8. The number of guanidine groups is 1. The molecule has 0 spiro atoms. The van der Waals surface area contributed by atoms with Crippen LogP contribution in [0.3, 0.4) is 0 Å². The molecule has 0 unspecified atom stereocenters. The highest BCUT2D eigenvalue weighted by molar-refractivity contribution is 6.31. The van der Waals surface area contributed by atoms with Crippen LogP contribution in [0.25, 0.3) is 0 Å². The number of aliphatic imine (C=N–C) groups is 1. The van der Waals surface area contributed by atoms with Gasteiger partial charge in [-0.05, 0) is 43.9 Å². The van der Waals surface area contributed by atoms with Gasteiger partial charge in [-0.3, -0.25) is 14.6 Å². The largest absolute Gasteiger partial charge is 0.370 e. The first-order valence-corrected chi connectivity index (χ1v) is 8.43. The number of hydrogen-bond acceptors (Lipinski definition) is 3. The third-order valence-corrected chi connectivity index (χ3v) is 4.35. The molecule has 5 N–H and O–H groups in total. The van der Waals surface area contributed by atoms with Crippen LogP contribution in [0.5, 0.6) is 0 Å². The Kier molecular flexibility index (Phi) is 8.21. The van der Waals surface area contributed by atoms with E-state index in [1.807, 2.05) is 18.9 Å². The number of benzene rings is 1. The summed E-state index contributed by atoms with van der Waals surface area (Å²) in [4.78, 5) is 29.6. The normalized spacial score (nSPS) is 12.6. The van der Waals surface area contributed by atoms with E-state index in [9.17, 15) is 9.59 Å². The fourth-order valence-corrected chi connectivity index (χ4v) is 2.42. The Morgan fingerprint density at radius 3 is 2.56 bits per heavy atom. The number of halogens is 1. The molecule has 0 aliphatic carbocycles. The van der Waals surface area contributed by atoms with Gasteiger partial charge >= 0.3 is 0 Å². The number of primary amides is 1. The van der Waals surface area contributed by atoms with Gasteiger partial charge in [0.1, 0.15) is 6.04 Å². The number of hydrogen-bond donors (Lipinski definition) is 3. The number of nitrogens with one attached hydrogen (secondary N) is 1. The van der Waals surface area contributed by atoms with Gasteiger partial charge in [0.15, 0.2) is 5.96 Å². The Bertz CT molecular complexity index is 648. The molecule has 25 heavy (non-hydrogen) atoms. The van der Waals surface area contributed by atoms with Gasteiger partial charge in [0.05, 0.1) is 0 Å². The molecule has 1 atom stereocenters. The van der Waals surface area contributed by atoms with E-state index in [0.717, 1.165) is 12.0 Å². The maximum atomic E-state index is 12.3. The van der Waals surface area contributed by atoms with Crippen LogP contribution in [0, 0.1) is 6.92 Å². The lowest BCUT2D eigenvalue weighted by Gasteiger charge is -2.19. The molecule has 138 valence electrons. The van der Waals surface area contributed by atoms with Gasteiger partial charge in [0.2, 0.25) is 5.91 Å². The van der Waals surface area contributed by atoms with Crippen molar-refractivity contribution in [1.82, 2.24) is 10.2 Å². The molecule has 0 radical (unpaired) electrons. The highest BCUT2D eigenvalue weighted by Crippen LogP contribution is 2.17. The van der Waals surface area contributed by atoms with E-state index in [1.54, 1.807) is 25.2 Å². The Morgan fingerprint density at radius 1 is 1.32 bits per heavy atom. The van der Waals surface area contributed by atoms with E-state index in [4.69, 9.17) is 23.1 Å². The average Bonchev–Trinajstić information content (AvgIpc) is 2.58. The van der Waals surface area contributed by atoms with E-state index >= 15 is 0 Å². The number of carbonyl (C=O) groups is 2. The molecule has 2 amide bonds. The molecule has 0 aliphatic heterocycles. The van der Waals surface area contributed by atoms with Crippen molar-refractivity contribution in [2.75, 3.05) is 20.6 Å². The summed E-state index contributed by atoms with van der Waals surface area (Å²) in [6.07, 6.45) is 1.96. The molecule has 8 heteroatoms. The third-order valence-electron chi connectivity index (χ3n) is 3.94. The summed E-state index contributed by atoms with van der Waals surface area (Å²) in [6, 6.07) is 4.27. The van der Waals surface area contributed by atoms with Crippen molar-refractivity contribution in [3.05, 3.63) is 34.3 Å². The molecule has 0 saturated carbocycles. The highest BCUT2D eigenvalue weighted by Gasteiger charge is 2.19. The number of aryl methyl sites for hydroxylation is 1. The van der Waals surface area contributed by atoms with Crippen LogP contribution in [0.15, 0.2) is 23.2 Å². The average molecular weight is 368 g/mol. The smallest absolute Gasteiger partial charge is 0.251 e. The van der Waals surface area contributed by atoms with E-state index in [1.165, 1.54) is 0 Å². The van der Waals surface area contributed by atoms with Gasteiger partial charge in [-0.1, -0.05) is 17.7 Å². The van der Waals surface area contributed by atoms with E-state index in [-0.39, 0.29) is 5.91 Å². The Balaban J connectivity index is 2.55. The molecular formula is C17H26ClN5O2. The highest BCUT2D eigenvalue weighted by atomic mass is 35.5. The standard InChI is InChI=1S/C17H26ClN5O2/c1-11-7-8-12(10-13(11)18)16(25)22-14(15(19)24)6-4-5-9-23(3)17(20)21-2/h7-8,10,14H,4-6,9H2,1-3H3,(H2,19,24)(H2,20,21)(H,22,25)/t14-/m1/s1. The van der Waals surface area contributed by atoms with Crippen molar-refractivity contribution in [2.24, 2.45) is 16.5 Å². The quantitative estimate of drug-likeness (QED) is 0.364. The molecule has 1 rings (SSSR count). The van der Waals surface area contributed by atoms with Crippen LogP contribution in [0.2, 0.25) is 5.02 Å². The molecule has 1 aromatic rings. The summed E-state index contributed by atoms with van der Waals surface area (Å²) in [5.74, 6) is -0.476. The number of nitrogens with two attached hydrogens (primary N) is 2. The summed E-state index contributed by atoms with van der Waals surface area (Å²) in [7, 11) is 3.47. The summed E-state index contributed by atoms with van der Waals surface area (Å²) < 4.78 is 0. The Hall–Kier alpha value is -2.28. The van der Waals surface area contributed by atoms with Gasteiger partial charge in [-0.2, -0.15) is 0 Å². The molecule has 1 aromatic carbocycles. The number of rotatable bonds is 8. The summed E-state index contributed by atoms with van der Waals surface area (Å²) in [5.41, 5.74) is 12.4. The van der Waals surface area contributed by atoms with Crippen LogP contribution in [0.1, 0.15) is 35.2 Å². The maximum absolute atomic E-state index is 12.3. The fraction of sp³-hybridized carbons (Fsp3) is 0.471. The van der Waals surface area contributed by atoms with Crippen LogP contribution in [-0.4, -0.2) is 49.4 Å². The minimum Gasteiger partial charge on any atom is -0.370 e. The fourth-order valence-electron chi connectivity index (χ4n) is 2.24. The maximum Gasteiger partial charge on any atom is 0.251 e. The van der Waals surface area contributed by atoms with Crippen molar-refractivity contribution >= 4 is 29.4 Å². The third kappa shape index (κ3) is 6.62. The minimum absolute atomic E-state index is 0.370.